The Kier molecular flexibility index (Phi) is 5.51. The maximum Gasteiger partial charge on any atom is 0.243 e. The fourth-order valence-electron chi connectivity index (χ4n) is 2.58. The van der Waals surface area contributed by atoms with Crippen LogP contribution in [0.1, 0.15) is 15.9 Å². The van der Waals surface area contributed by atoms with Gasteiger partial charge in [-0.1, -0.05) is 18.2 Å². The van der Waals surface area contributed by atoms with Gasteiger partial charge in [0.25, 0.3) is 0 Å². The van der Waals surface area contributed by atoms with Crippen LogP contribution in [0.5, 0.6) is 5.75 Å². The molecule has 0 bridgehead atoms. The molecule has 1 aliphatic rings. The van der Waals surface area contributed by atoms with Crippen LogP contribution in [0.2, 0.25) is 0 Å². The fraction of sp³-hybridized carbons (Fsp3) is 0.211. The number of rotatable bonds is 5. The molecular weight excluding hydrogens is 354 g/mol. The van der Waals surface area contributed by atoms with Crippen LogP contribution in [-0.2, 0) is 14.8 Å². The monoisotopic (exact) mass is 373 g/mol. The molecule has 0 aliphatic carbocycles. The molecule has 0 saturated carbocycles. The minimum absolute atomic E-state index is 0.158. The molecule has 0 aromatic heterocycles. The number of phenolic OH excluding ortho intramolecular Hbond substituents is 1. The lowest BCUT2D eigenvalue weighted by atomic mass is 10.1. The van der Waals surface area contributed by atoms with Crippen molar-refractivity contribution in [3.63, 3.8) is 0 Å². The van der Waals surface area contributed by atoms with Crippen molar-refractivity contribution in [3.05, 3.63) is 65.7 Å². The standard InChI is InChI=1S/C19H19NO5S/c21-17-6-1-15(2-7-17)3-10-19(22)16-4-8-18(9-5-16)26(23,24)20-11-13-25-14-12-20/h1-10,21H,11-14H2/b10-3+. The summed E-state index contributed by atoms with van der Waals surface area (Å²) in [5, 5.41) is 9.25. The quantitative estimate of drug-likeness (QED) is 0.642. The zero-order chi connectivity index (χ0) is 18.6. The highest BCUT2D eigenvalue weighted by Gasteiger charge is 2.26. The fourth-order valence-corrected chi connectivity index (χ4v) is 3.99. The molecule has 0 amide bonds. The van der Waals surface area contributed by atoms with Crippen molar-refractivity contribution >= 4 is 21.9 Å². The Morgan fingerprint density at radius 3 is 2.23 bits per heavy atom. The predicted octanol–water partition coefficient (Wildman–Crippen LogP) is 2.31. The Morgan fingerprint density at radius 2 is 1.62 bits per heavy atom. The Balaban J connectivity index is 1.72. The normalized spacial score (nSPS) is 16.0. The number of carbonyl (C=O) groups is 1. The zero-order valence-corrected chi connectivity index (χ0v) is 14.9. The summed E-state index contributed by atoms with van der Waals surface area (Å²) in [5.41, 5.74) is 1.18. The van der Waals surface area contributed by atoms with E-state index < -0.39 is 10.0 Å². The van der Waals surface area contributed by atoms with Gasteiger partial charge in [-0.2, -0.15) is 4.31 Å². The molecule has 0 atom stereocenters. The molecule has 1 N–H and O–H groups in total. The number of allylic oxidation sites excluding steroid dienone is 1. The molecule has 6 nitrogen and oxygen atoms in total. The first kappa shape index (κ1) is 18.3. The maximum absolute atomic E-state index is 12.6. The van der Waals surface area contributed by atoms with E-state index in [-0.39, 0.29) is 16.4 Å². The van der Waals surface area contributed by atoms with Gasteiger partial charge < -0.3 is 9.84 Å². The summed E-state index contributed by atoms with van der Waals surface area (Å²) in [6.07, 6.45) is 3.05. The van der Waals surface area contributed by atoms with E-state index in [4.69, 9.17) is 4.74 Å². The van der Waals surface area contributed by atoms with Crippen molar-refractivity contribution in [1.82, 2.24) is 4.31 Å². The van der Waals surface area contributed by atoms with Crippen LogP contribution >= 0.6 is 0 Å². The Hall–Kier alpha value is -2.48. The van der Waals surface area contributed by atoms with Gasteiger partial charge in [-0.15, -0.1) is 0 Å². The molecule has 1 heterocycles. The molecule has 1 aliphatic heterocycles. The number of aromatic hydroxyl groups is 1. The van der Waals surface area contributed by atoms with Gasteiger partial charge in [0, 0.05) is 18.7 Å². The van der Waals surface area contributed by atoms with E-state index in [0.717, 1.165) is 5.56 Å². The smallest absolute Gasteiger partial charge is 0.243 e. The van der Waals surface area contributed by atoms with Gasteiger partial charge in [0.1, 0.15) is 5.75 Å². The highest BCUT2D eigenvalue weighted by Crippen LogP contribution is 2.18. The molecule has 2 aromatic rings. The summed E-state index contributed by atoms with van der Waals surface area (Å²) in [7, 11) is -3.56. The number of hydrogen-bond donors (Lipinski definition) is 1. The van der Waals surface area contributed by atoms with Crippen molar-refractivity contribution in [2.24, 2.45) is 0 Å². The van der Waals surface area contributed by atoms with Gasteiger partial charge in [-0.25, -0.2) is 8.42 Å². The molecule has 3 rings (SSSR count). The summed E-state index contributed by atoms with van der Waals surface area (Å²) in [6.45, 7) is 1.44. The van der Waals surface area contributed by atoms with Crippen LogP contribution in [0.15, 0.2) is 59.5 Å². The van der Waals surface area contributed by atoms with Gasteiger partial charge in [-0.3, -0.25) is 4.79 Å². The van der Waals surface area contributed by atoms with E-state index in [9.17, 15) is 18.3 Å². The highest BCUT2D eigenvalue weighted by molar-refractivity contribution is 7.89. The van der Waals surface area contributed by atoms with E-state index in [0.29, 0.717) is 31.9 Å². The molecule has 0 spiro atoms. The number of hydrogen-bond acceptors (Lipinski definition) is 5. The second-order valence-electron chi connectivity index (χ2n) is 5.83. The molecular formula is C19H19NO5S. The van der Waals surface area contributed by atoms with Crippen LogP contribution < -0.4 is 0 Å². The van der Waals surface area contributed by atoms with Crippen molar-refractivity contribution < 1.29 is 23.1 Å². The second-order valence-corrected chi connectivity index (χ2v) is 7.77. The number of nitrogens with zero attached hydrogens (tertiary/aromatic N) is 1. The summed E-state index contributed by atoms with van der Waals surface area (Å²) >= 11 is 0. The first-order chi connectivity index (χ1) is 12.5. The van der Waals surface area contributed by atoms with Crippen LogP contribution in [0.25, 0.3) is 6.08 Å². The highest BCUT2D eigenvalue weighted by atomic mass is 32.2. The van der Waals surface area contributed by atoms with Gasteiger partial charge in [0.15, 0.2) is 5.78 Å². The Labute approximate surface area is 152 Å². The number of carbonyl (C=O) groups excluding carboxylic acids is 1. The van der Waals surface area contributed by atoms with Crippen LogP contribution in [-0.4, -0.2) is 49.9 Å². The number of phenols is 1. The third-order valence-electron chi connectivity index (χ3n) is 4.07. The maximum atomic E-state index is 12.6. The first-order valence-corrected chi connectivity index (χ1v) is 9.60. The zero-order valence-electron chi connectivity index (χ0n) is 14.0. The van der Waals surface area contributed by atoms with E-state index in [1.54, 1.807) is 18.2 Å². The van der Waals surface area contributed by atoms with Gasteiger partial charge in [-0.05, 0) is 48.0 Å². The lowest BCUT2D eigenvalue weighted by molar-refractivity contribution is 0.0730. The number of sulfonamides is 1. The summed E-state index contributed by atoms with van der Waals surface area (Å²) < 4.78 is 31.7. The minimum atomic E-state index is -3.56. The molecule has 0 unspecified atom stereocenters. The average Bonchev–Trinajstić information content (AvgIpc) is 2.68. The van der Waals surface area contributed by atoms with Crippen molar-refractivity contribution in [2.45, 2.75) is 4.90 Å². The van der Waals surface area contributed by atoms with E-state index in [1.807, 2.05) is 0 Å². The third kappa shape index (κ3) is 4.19. The molecule has 1 saturated heterocycles. The van der Waals surface area contributed by atoms with E-state index in [1.165, 1.54) is 46.8 Å². The first-order valence-electron chi connectivity index (χ1n) is 8.16. The largest absolute Gasteiger partial charge is 0.508 e. The average molecular weight is 373 g/mol. The van der Waals surface area contributed by atoms with Crippen molar-refractivity contribution in [3.8, 4) is 5.75 Å². The molecule has 26 heavy (non-hydrogen) atoms. The van der Waals surface area contributed by atoms with E-state index in [2.05, 4.69) is 0 Å². The van der Waals surface area contributed by atoms with Crippen LogP contribution in [0.4, 0.5) is 0 Å². The number of ether oxygens (including phenoxy) is 1. The lowest BCUT2D eigenvalue weighted by Gasteiger charge is -2.26. The van der Waals surface area contributed by atoms with Gasteiger partial charge in [0.05, 0.1) is 18.1 Å². The minimum Gasteiger partial charge on any atom is -0.508 e. The molecule has 2 aromatic carbocycles. The summed E-state index contributed by atoms with van der Waals surface area (Å²) in [6, 6.07) is 12.4. The van der Waals surface area contributed by atoms with Crippen LogP contribution in [0, 0.1) is 0 Å². The van der Waals surface area contributed by atoms with E-state index >= 15 is 0 Å². The number of ketones is 1. The Bertz CT molecular complexity index is 896. The van der Waals surface area contributed by atoms with Crippen molar-refractivity contribution in [2.75, 3.05) is 26.3 Å². The number of morpholine rings is 1. The topological polar surface area (TPSA) is 83.9 Å². The molecule has 7 heteroatoms. The number of benzene rings is 2. The second kappa shape index (κ2) is 7.82. The Morgan fingerprint density at radius 1 is 1.00 bits per heavy atom. The molecule has 136 valence electrons. The SMILES string of the molecule is O=C(/C=C/c1ccc(O)cc1)c1ccc(S(=O)(=O)N2CCOCC2)cc1. The predicted molar refractivity (Wildman–Crippen MR) is 97.5 cm³/mol. The van der Waals surface area contributed by atoms with Crippen molar-refractivity contribution in [1.29, 1.82) is 0 Å². The summed E-state index contributed by atoms with van der Waals surface area (Å²) in [5.74, 6) is -0.0704. The van der Waals surface area contributed by atoms with Gasteiger partial charge in [0.2, 0.25) is 10.0 Å². The van der Waals surface area contributed by atoms with Crippen LogP contribution in [0.3, 0.4) is 0 Å². The lowest BCUT2D eigenvalue weighted by Crippen LogP contribution is -2.40. The summed E-state index contributed by atoms with van der Waals surface area (Å²) in [4.78, 5) is 12.4. The third-order valence-corrected chi connectivity index (χ3v) is 5.98. The molecule has 1 fully saturated rings. The molecule has 0 radical (unpaired) electrons. The van der Waals surface area contributed by atoms with Gasteiger partial charge >= 0.3 is 0 Å².